The average molecular weight is 348 g/mol. The molecule has 0 bridgehead atoms. The van der Waals surface area contributed by atoms with Crippen molar-refractivity contribution in [3.8, 4) is 0 Å². The van der Waals surface area contributed by atoms with Crippen LogP contribution in [0.5, 0.6) is 0 Å². The summed E-state index contributed by atoms with van der Waals surface area (Å²) in [6.45, 7) is 7.81. The maximum absolute atomic E-state index is 12.6. The summed E-state index contributed by atoms with van der Waals surface area (Å²) in [5.74, 6) is 1.32. The number of hydrogen-bond acceptors (Lipinski definition) is 4. The molecule has 24 heavy (non-hydrogen) atoms. The second-order valence-electron chi connectivity index (χ2n) is 8.21. The Kier molecular flexibility index (Phi) is 4.65. The van der Waals surface area contributed by atoms with E-state index in [1.165, 1.54) is 56.6 Å². The Morgan fingerprint density at radius 1 is 1.33 bits per heavy atom. The Hall–Kier alpha value is -0.940. The molecule has 3 heterocycles. The monoisotopic (exact) mass is 347 g/mol. The molecule has 5 heteroatoms. The van der Waals surface area contributed by atoms with Crippen LogP contribution in [0.25, 0.3) is 0 Å². The van der Waals surface area contributed by atoms with Crippen molar-refractivity contribution in [2.45, 2.75) is 51.9 Å². The number of rotatable bonds is 5. The van der Waals surface area contributed by atoms with Gasteiger partial charge in [0, 0.05) is 42.9 Å². The quantitative estimate of drug-likeness (QED) is 0.821. The maximum atomic E-state index is 12.6. The van der Waals surface area contributed by atoms with Gasteiger partial charge in [0.15, 0.2) is 0 Å². The number of carbonyl (C=O) groups excluding carboxylic acids is 1. The molecule has 1 unspecified atom stereocenters. The van der Waals surface area contributed by atoms with Crippen LogP contribution in [-0.4, -0.2) is 53.4 Å². The molecule has 2 aliphatic heterocycles. The van der Waals surface area contributed by atoms with Crippen LogP contribution in [0.15, 0.2) is 5.51 Å². The van der Waals surface area contributed by atoms with Gasteiger partial charge in [0.05, 0.1) is 11.2 Å². The van der Waals surface area contributed by atoms with Crippen LogP contribution in [0.3, 0.4) is 0 Å². The lowest BCUT2D eigenvalue weighted by atomic mass is 9.79. The summed E-state index contributed by atoms with van der Waals surface area (Å²) in [6.07, 6.45) is 8.20. The Balaban J connectivity index is 1.30. The van der Waals surface area contributed by atoms with E-state index < -0.39 is 0 Å². The lowest BCUT2D eigenvalue weighted by Crippen LogP contribution is -2.46. The highest BCUT2D eigenvalue weighted by Crippen LogP contribution is 2.40. The number of nitrogens with zero attached hydrogens (tertiary/aromatic N) is 3. The van der Waals surface area contributed by atoms with Crippen LogP contribution in [0, 0.1) is 18.3 Å². The molecule has 1 amide bonds. The molecule has 3 aliphatic rings. The smallest absolute Gasteiger partial charge is 0.222 e. The normalized spacial score (nSPS) is 28.0. The third kappa shape index (κ3) is 3.67. The van der Waals surface area contributed by atoms with Gasteiger partial charge in [-0.15, -0.1) is 11.3 Å². The number of hydrogen-bond donors (Lipinski definition) is 0. The van der Waals surface area contributed by atoms with Crippen molar-refractivity contribution < 1.29 is 4.79 Å². The fraction of sp³-hybridized carbons (Fsp3) is 0.789. The second-order valence-corrected chi connectivity index (χ2v) is 9.15. The van der Waals surface area contributed by atoms with Gasteiger partial charge < -0.3 is 9.80 Å². The number of piperidine rings is 1. The molecule has 1 aromatic heterocycles. The van der Waals surface area contributed by atoms with E-state index in [1.54, 1.807) is 11.3 Å². The molecule has 1 saturated carbocycles. The number of thiazole rings is 1. The number of aromatic nitrogens is 1. The minimum absolute atomic E-state index is 0.346. The van der Waals surface area contributed by atoms with E-state index in [2.05, 4.69) is 14.8 Å². The molecule has 2 saturated heterocycles. The zero-order valence-electron chi connectivity index (χ0n) is 14.8. The molecule has 1 aromatic rings. The van der Waals surface area contributed by atoms with Gasteiger partial charge >= 0.3 is 0 Å². The van der Waals surface area contributed by atoms with E-state index in [4.69, 9.17) is 0 Å². The minimum atomic E-state index is 0.346. The highest BCUT2D eigenvalue weighted by molar-refractivity contribution is 7.09. The van der Waals surface area contributed by atoms with E-state index >= 15 is 0 Å². The first-order valence-corrected chi connectivity index (χ1v) is 10.4. The molecule has 1 atom stereocenters. The molecule has 132 valence electrons. The summed E-state index contributed by atoms with van der Waals surface area (Å²) in [5.41, 5.74) is 3.37. The number of carbonyl (C=O) groups is 1. The van der Waals surface area contributed by atoms with Crippen LogP contribution in [-0.2, 0) is 11.2 Å². The van der Waals surface area contributed by atoms with E-state index in [9.17, 15) is 4.79 Å². The van der Waals surface area contributed by atoms with Gasteiger partial charge in [-0.2, -0.15) is 0 Å². The summed E-state index contributed by atoms with van der Waals surface area (Å²) in [5, 5.41) is 0. The molecule has 4 nitrogen and oxygen atoms in total. The Morgan fingerprint density at radius 2 is 2.21 bits per heavy atom. The molecule has 3 fully saturated rings. The third-order valence-corrected chi connectivity index (χ3v) is 7.15. The van der Waals surface area contributed by atoms with Crippen molar-refractivity contribution in [3.05, 3.63) is 16.1 Å². The van der Waals surface area contributed by atoms with Crippen molar-refractivity contribution in [1.29, 1.82) is 0 Å². The zero-order valence-corrected chi connectivity index (χ0v) is 15.6. The van der Waals surface area contributed by atoms with Gasteiger partial charge in [0.1, 0.15) is 0 Å². The van der Waals surface area contributed by atoms with Gasteiger partial charge in [-0.1, -0.05) is 0 Å². The van der Waals surface area contributed by atoms with Gasteiger partial charge in [-0.05, 0) is 57.9 Å². The minimum Gasteiger partial charge on any atom is -0.342 e. The van der Waals surface area contributed by atoms with Gasteiger partial charge in [-0.3, -0.25) is 4.79 Å². The summed E-state index contributed by atoms with van der Waals surface area (Å²) in [4.78, 5) is 23.0. The van der Waals surface area contributed by atoms with E-state index in [1.807, 2.05) is 12.4 Å². The number of amides is 1. The predicted octanol–water partition coefficient (Wildman–Crippen LogP) is 3.11. The van der Waals surface area contributed by atoms with Crippen molar-refractivity contribution >= 4 is 17.2 Å². The first-order chi connectivity index (χ1) is 11.6. The zero-order chi connectivity index (χ0) is 16.6. The molecule has 0 N–H and O–H groups in total. The van der Waals surface area contributed by atoms with E-state index in [0.717, 1.165) is 31.1 Å². The summed E-state index contributed by atoms with van der Waals surface area (Å²) >= 11 is 1.68. The molecule has 4 rings (SSSR count). The molecular formula is C19H29N3OS. The Bertz CT molecular complexity index is 597. The molecule has 0 aromatic carbocycles. The SMILES string of the molecule is Cc1ncsc1CCC(=O)N1CCC2(CCCN(CC3CC3)C2)C1. The highest BCUT2D eigenvalue weighted by atomic mass is 32.1. The molecular weight excluding hydrogens is 318 g/mol. The van der Waals surface area contributed by atoms with Crippen LogP contribution in [0.2, 0.25) is 0 Å². The fourth-order valence-electron chi connectivity index (χ4n) is 4.56. The lowest BCUT2D eigenvalue weighted by molar-refractivity contribution is -0.130. The first kappa shape index (κ1) is 16.5. The van der Waals surface area contributed by atoms with Crippen LogP contribution in [0.1, 0.15) is 49.1 Å². The Labute approximate surface area is 149 Å². The number of likely N-dealkylation sites (tertiary alicyclic amines) is 2. The fourth-order valence-corrected chi connectivity index (χ4v) is 5.34. The second kappa shape index (κ2) is 6.75. The van der Waals surface area contributed by atoms with Crippen LogP contribution < -0.4 is 0 Å². The van der Waals surface area contributed by atoms with Gasteiger partial charge in [0.25, 0.3) is 0 Å². The summed E-state index contributed by atoms with van der Waals surface area (Å²) in [6, 6.07) is 0. The topological polar surface area (TPSA) is 36.4 Å². The van der Waals surface area contributed by atoms with Crippen molar-refractivity contribution in [2.75, 3.05) is 32.7 Å². The standard InChI is InChI=1S/C19H29N3OS/c1-15-17(24-14-20-15)5-6-18(23)22-10-8-19(13-22)7-2-9-21(12-19)11-16-3-4-16/h14,16H,2-13H2,1H3. The summed E-state index contributed by atoms with van der Waals surface area (Å²) < 4.78 is 0. The van der Waals surface area contributed by atoms with Crippen molar-refractivity contribution in [2.24, 2.45) is 11.3 Å². The first-order valence-electron chi connectivity index (χ1n) is 9.53. The average Bonchev–Trinajstić information content (AvgIpc) is 3.14. The van der Waals surface area contributed by atoms with Crippen LogP contribution in [0.4, 0.5) is 0 Å². The molecule has 1 aliphatic carbocycles. The predicted molar refractivity (Wildman–Crippen MR) is 97.2 cm³/mol. The summed E-state index contributed by atoms with van der Waals surface area (Å²) in [7, 11) is 0. The van der Waals surface area contributed by atoms with Crippen LogP contribution >= 0.6 is 11.3 Å². The maximum Gasteiger partial charge on any atom is 0.222 e. The van der Waals surface area contributed by atoms with Crippen molar-refractivity contribution in [3.63, 3.8) is 0 Å². The van der Waals surface area contributed by atoms with Gasteiger partial charge in [-0.25, -0.2) is 4.98 Å². The van der Waals surface area contributed by atoms with E-state index in [-0.39, 0.29) is 0 Å². The number of aryl methyl sites for hydroxylation is 2. The largest absolute Gasteiger partial charge is 0.342 e. The van der Waals surface area contributed by atoms with Crippen molar-refractivity contribution in [1.82, 2.24) is 14.8 Å². The molecule has 1 spiro atoms. The third-order valence-electron chi connectivity index (χ3n) is 6.16. The molecule has 0 radical (unpaired) electrons. The Morgan fingerprint density at radius 3 is 2.96 bits per heavy atom. The van der Waals surface area contributed by atoms with Gasteiger partial charge in [0.2, 0.25) is 5.91 Å². The lowest BCUT2D eigenvalue weighted by Gasteiger charge is -2.40. The van der Waals surface area contributed by atoms with E-state index in [0.29, 0.717) is 17.7 Å². The highest BCUT2D eigenvalue weighted by Gasteiger charge is 2.43.